The molecule has 1 rings (SSSR count). The Labute approximate surface area is 94.0 Å². The third kappa shape index (κ3) is 2.81. The molecule has 88 valence electrons. The molecule has 0 atom stereocenters. The first-order valence-electron chi connectivity index (χ1n) is 6.27. The summed E-state index contributed by atoms with van der Waals surface area (Å²) in [4.78, 5) is 14.4. The minimum Gasteiger partial charge on any atom is -0.298 e. The lowest BCUT2D eigenvalue weighted by atomic mass is 9.84. The van der Waals surface area contributed by atoms with Crippen molar-refractivity contribution < 1.29 is 4.79 Å². The molecule has 0 aromatic heterocycles. The first kappa shape index (κ1) is 12.7. The summed E-state index contributed by atoms with van der Waals surface area (Å²) in [6, 6.07) is 0. The molecule has 2 nitrogen and oxygen atoms in total. The standard InChI is InChI=1S/C13H25NO/c1-5-13(6-2,14(3)4)12(15)10-9-11-7-8-11/h11H,5-10H2,1-4H3. The first-order valence-corrected chi connectivity index (χ1v) is 6.27. The third-order valence-electron chi connectivity index (χ3n) is 4.02. The molecule has 0 unspecified atom stereocenters. The molecule has 0 spiro atoms. The monoisotopic (exact) mass is 211 g/mol. The van der Waals surface area contributed by atoms with Crippen LogP contribution in [0.1, 0.15) is 52.4 Å². The molecule has 0 saturated heterocycles. The van der Waals surface area contributed by atoms with E-state index in [1.165, 1.54) is 12.8 Å². The van der Waals surface area contributed by atoms with E-state index in [1.54, 1.807) is 0 Å². The second-order valence-electron chi connectivity index (χ2n) is 5.04. The van der Waals surface area contributed by atoms with Crippen LogP contribution in [-0.4, -0.2) is 30.3 Å². The molecule has 0 aromatic rings. The average Bonchev–Trinajstić information content (AvgIpc) is 3.00. The Bertz CT molecular complexity index is 215. The minimum absolute atomic E-state index is 0.200. The van der Waals surface area contributed by atoms with Crippen molar-refractivity contribution in [1.29, 1.82) is 0 Å². The number of rotatable bonds is 7. The third-order valence-corrected chi connectivity index (χ3v) is 4.02. The summed E-state index contributed by atoms with van der Waals surface area (Å²) in [5.74, 6) is 1.31. The van der Waals surface area contributed by atoms with Crippen molar-refractivity contribution in [3.05, 3.63) is 0 Å². The normalized spacial score (nSPS) is 17.1. The van der Waals surface area contributed by atoms with E-state index >= 15 is 0 Å². The van der Waals surface area contributed by atoms with Crippen LogP contribution in [0, 0.1) is 5.92 Å². The summed E-state index contributed by atoms with van der Waals surface area (Å²) in [6.45, 7) is 4.25. The molecule has 15 heavy (non-hydrogen) atoms. The largest absolute Gasteiger partial charge is 0.298 e. The summed E-state index contributed by atoms with van der Waals surface area (Å²) in [6.07, 6.45) is 6.46. The molecule has 1 aliphatic carbocycles. The van der Waals surface area contributed by atoms with Gasteiger partial charge in [0.2, 0.25) is 0 Å². The lowest BCUT2D eigenvalue weighted by molar-refractivity contribution is -0.130. The summed E-state index contributed by atoms with van der Waals surface area (Å²) >= 11 is 0. The highest BCUT2D eigenvalue weighted by Gasteiger charge is 2.37. The van der Waals surface area contributed by atoms with E-state index in [0.29, 0.717) is 5.78 Å². The Balaban J connectivity index is 2.55. The maximum atomic E-state index is 12.3. The average molecular weight is 211 g/mol. The molecular weight excluding hydrogens is 186 g/mol. The molecule has 1 saturated carbocycles. The fraction of sp³-hybridized carbons (Fsp3) is 0.923. The van der Waals surface area contributed by atoms with Gasteiger partial charge in [-0.1, -0.05) is 26.7 Å². The molecule has 1 fully saturated rings. The lowest BCUT2D eigenvalue weighted by Gasteiger charge is -2.37. The SMILES string of the molecule is CCC(CC)(C(=O)CCC1CC1)N(C)C. The number of carbonyl (C=O) groups is 1. The molecule has 0 amide bonds. The van der Waals surface area contributed by atoms with Gasteiger partial charge < -0.3 is 0 Å². The van der Waals surface area contributed by atoms with Gasteiger partial charge in [0.05, 0.1) is 5.54 Å². The van der Waals surface area contributed by atoms with E-state index in [1.807, 2.05) is 14.1 Å². The predicted molar refractivity (Wildman–Crippen MR) is 64.0 cm³/mol. The van der Waals surface area contributed by atoms with Gasteiger partial charge in [-0.05, 0) is 39.3 Å². The molecule has 0 radical (unpaired) electrons. The smallest absolute Gasteiger partial charge is 0.153 e. The topological polar surface area (TPSA) is 20.3 Å². The number of ketones is 1. The van der Waals surface area contributed by atoms with Crippen LogP contribution >= 0.6 is 0 Å². The highest BCUT2D eigenvalue weighted by molar-refractivity contribution is 5.88. The zero-order valence-electron chi connectivity index (χ0n) is 10.7. The van der Waals surface area contributed by atoms with Crippen LogP contribution in [0.5, 0.6) is 0 Å². The van der Waals surface area contributed by atoms with E-state index in [2.05, 4.69) is 18.7 Å². The zero-order valence-corrected chi connectivity index (χ0v) is 10.7. The fourth-order valence-electron chi connectivity index (χ4n) is 2.50. The summed E-state index contributed by atoms with van der Waals surface area (Å²) < 4.78 is 0. The maximum Gasteiger partial charge on any atom is 0.153 e. The summed E-state index contributed by atoms with van der Waals surface area (Å²) in [5.41, 5.74) is -0.200. The molecule has 2 heteroatoms. The summed E-state index contributed by atoms with van der Waals surface area (Å²) in [5, 5.41) is 0. The highest BCUT2D eigenvalue weighted by Crippen LogP contribution is 2.35. The number of nitrogens with zero attached hydrogens (tertiary/aromatic N) is 1. The molecule has 0 aromatic carbocycles. The van der Waals surface area contributed by atoms with Crippen molar-refractivity contribution in [3.63, 3.8) is 0 Å². The Kier molecular flexibility index (Phi) is 4.32. The van der Waals surface area contributed by atoms with Gasteiger partial charge in [-0.3, -0.25) is 9.69 Å². The maximum absolute atomic E-state index is 12.3. The molecule has 0 N–H and O–H groups in total. The zero-order chi connectivity index (χ0) is 11.5. The number of Topliss-reactive ketones (excluding diaryl/α,β-unsaturated/α-hetero) is 1. The fourth-order valence-corrected chi connectivity index (χ4v) is 2.50. The van der Waals surface area contributed by atoms with Gasteiger partial charge in [-0.25, -0.2) is 0 Å². The van der Waals surface area contributed by atoms with Crippen LogP contribution in [0.2, 0.25) is 0 Å². The number of carbonyl (C=O) groups excluding carboxylic acids is 1. The Morgan fingerprint density at radius 2 is 1.80 bits per heavy atom. The Hall–Kier alpha value is -0.370. The van der Waals surface area contributed by atoms with Crippen molar-refractivity contribution in [2.75, 3.05) is 14.1 Å². The van der Waals surface area contributed by atoms with Crippen LogP contribution in [0.15, 0.2) is 0 Å². The first-order chi connectivity index (χ1) is 7.06. The van der Waals surface area contributed by atoms with Gasteiger partial charge in [0.15, 0.2) is 5.78 Å². The van der Waals surface area contributed by atoms with Crippen molar-refractivity contribution in [1.82, 2.24) is 4.90 Å². The van der Waals surface area contributed by atoms with Crippen molar-refractivity contribution in [2.45, 2.75) is 57.9 Å². The minimum atomic E-state index is -0.200. The summed E-state index contributed by atoms with van der Waals surface area (Å²) in [7, 11) is 4.06. The van der Waals surface area contributed by atoms with Crippen LogP contribution in [0.3, 0.4) is 0 Å². The Morgan fingerprint density at radius 1 is 1.27 bits per heavy atom. The van der Waals surface area contributed by atoms with Crippen molar-refractivity contribution >= 4 is 5.78 Å². The van der Waals surface area contributed by atoms with Gasteiger partial charge >= 0.3 is 0 Å². The van der Waals surface area contributed by atoms with Crippen molar-refractivity contribution in [2.24, 2.45) is 5.92 Å². The van der Waals surface area contributed by atoms with Gasteiger partial charge in [-0.2, -0.15) is 0 Å². The van der Waals surface area contributed by atoms with Gasteiger partial charge in [-0.15, -0.1) is 0 Å². The lowest BCUT2D eigenvalue weighted by Crippen LogP contribution is -2.50. The van der Waals surface area contributed by atoms with Crippen LogP contribution < -0.4 is 0 Å². The van der Waals surface area contributed by atoms with E-state index in [-0.39, 0.29) is 5.54 Å². The molecule has 0 bridgehead atoms. The van der Waals surface area contributed by atoms with Gasteiger partial charge in [0, 0.05) is 6.42 Å². The molecule has 0 heterocycles. The predicted octanol–water partition coefficient (Wildman–Crippen LogP) is 2.87. The van der Waals surface area contributed by atoms with E-state index < -0.39 is 0 Å². The highest BCUT2D eigenvalue weighted by atomic mass is 16.1. The van der Waals surface area contributed by atoms with E-state index in [0.717, 1.165) is 31.6 Å². The van der Waals surface area contributed by atoms with E-state index in [9.17, 15) is 4.79 Å². The van der Waals surface area contributed by atoms with Crippen LogP contribution in [0.4, 0.5) is 0 Å². The second kappa shape index (κ2) is 5.11. The molecular formula is C13H25NO. The second-order valence-corrected chi connectivity index (χ2v) is 5.04. The van der Waals surface area contributed by atoms with Crippen LogP contribution in [-0.2, 0) is 4.79 Å². The van der Waals surface area contributed by atoms with Crippen LogP contribution in [0.25, 0.3) is 0 Å². The Morgan fingerprint density at radius 3 is 2.13 bits per heavy atom. The van der Waals surface area contributed by atoms with E-state index in [4.69, 9.17) is 0 Å². The van der Waals surface area contributed by atoms with Gasteiger partial charge in [0.1, 0.15) is 0 Å². The quantitative estimate of drug-likeness (QED) is 0.645. The number of likely N-dealkylation sites (N-methyl/N-ethyl adjacent to an activating group) is 1. The number of hydrogen-bond acceptors (Lipinski definition) is 2. The molecule has 1 aliphatic rings. The molecule has 0 aliphatic heterocycles. The van der Waals surface area contributed by atoms with Gasteiger partial charge in [0.25, 0.3) is 0 Å². The van der Waals surface area contributed by atoms with Crippen molar-refractivity contribution in [3.8, 4) is 0 Å². The number of hydrogen-bond donors (Lipinski definition) is 0.